The molecule has 1 amide bonds. The van der Waals surface area contributed by atoms with E-state index in [1.807, 2.05) is 36.4 Å². The van der Waals surface area contributed by atoms with Crippen molar-refractivity contribution in [2.75, 3.05) is 0 Å². The molecule has 0 fully saturated rings. The number of carbonyl (C=O) groups excluding carboxylic acids is 1. The first-order chi connectivity index (χ1) is 11.5. The molecule has 1 unspecified atom stereocenters. The lowest BCUT2D eigenvalue weighted by Crippen LogP contribution is -2.37. The summed E-state index contributed by atoms with van der Waals surface area (Å²) in [7, 11) is 0. The van der Waals surface area contributed by atoms with Gasteiger partial charge in [0, 0.05) is 11.1 Å². The van der Waals surface area contributed by atoms with Gasteiger partial charge >= 0.3 is 5.97 Å². The lowest BCUT2D eigenvalue weighted by atomic mass is 10.0. The van der Waals surface area contributed by atoms with Gasteiger partial charge in [0.25, 0.3) is 0 Å². The Balaban J connectivity index is 1.93. The van der Waals surface area contributed by atoms with Crippen LogP contribution in [-0.4, -0.2) is 23.0 Å². The van der Waals surface area contributed by atoms with Gasteiger partial charge in [0.2, 0.25) is 5.91 Å². The maximum Gasteiger partial charge on any atom is 0.305 e. The summed E-state index contributed by atoms with van der Waals surface area (Å²) in [5.74, 6) is -1.14. The number of rotatable bonds is 8. The van der Waals surface area contributed by atoms with Gasteiger partial charge in [-0.1, -0.05) is 60.1 Å². The van der Waals surface area contributed by atoms with Crippen LogP contribution in [0.15, 0.2) is 54.6 Å². The van der Waals surface area contributed by atoms with Gasteiger partial charge in [0.1, 0.15) is 0 Å². The number of carboxylic acid groups (broad SMARTS) is 1. The first-order valence-electron chi connectivity index (χ1n) is 7.83. The number of amides is 1. The van der Waals surface area contributed by atoms with E-state index in [1.165, 1.54) is 0 Å². The van der Waals surface area contributed by atoms with Crippen LogP contribution in [0.5, 0.6) is 0 Å². The molecule has 0 heterocycles. The molecule has 0 aliphatic rings. The van der Waals surface area contributed by atoms with E-state index < -0.39 is 12.0 Å². The van der Waals surface area contributed by atoms with Crippen LogP contribution in [0.25, 0.3) is 0 Å². The standard InChI is InChI=1S/C19H20ClNO3/c20-17-9-5-4-8-15(17)12-18(22)21-16(13-19(23)24)11-10-14-6-2-1-3-7-14/h1-9,16H,10-13H2,(H,21,22)(H,23,24). The van der Waals surface area contributed by atoms with Crippen molar-refractivity contribution in [1.82, 2.24) is 5.32 Å². The molecule has 0 aliphatic heterocycles. The average molecular weight is 346 g/mol. The fraction of sp³-hybridized carbons (Fsp3) is 0.263. The van der Waals surface area contributed by atoms with Crippen molar-refractivity contribution < 1.29 is 14.7 Å². The molecule has 0 bridgehead atoms. The highest BCUT2D eigenvalue weighted by Crippen LogP contribution is 2.15. The zero-order valence-electron chi connectivity index (χ0n) is 13.2. The highest BCUT2D eigenvalue weighted by molar-refractivity contribution is 6.31. The van der Waals surface area contributed by atoms with Crippen molar-refractivity contribution in [3.05, 3.63) is 70.7 Å². The second kappa shape index (κ2) is 9.08. The molecule has 1 atom stereocenters. The molecule has 2 rings (SSSR count). The predicted molar refractivity (Wildman–Crippen MR) is 94.1 cm³/mol. The molecule has 2 aromatic rings. The van der Waals surface area contributed by atoms with Gasteiger partial charge in [0.05, 0.1) is 12.8 Å². The molecule has 0 radical (unpaired) electrons. The lowest BCUT2D eigenvalue weighted by Gasteiger charge is -2.17. The van der Waals surface area contributed by atoms with Crippen molar-refractivity contribution in [3.8, 4) is 0 Å². The molecule has 0 saturated heterocycles. The van der Waals surface area contributed by atoms with E-state index in [4.69, 9.17) is 16.7 Å². The van der Waals surface area contributed by atoms with Gasteiger partial charge in [-0.3, -0.25) is 9.59 Å². The Morgan fingerprint density at radius 3 is 2.38 bits per heavy atom. The van der Waals surface area contributed by atoms with Crippen LogP contribution >= 0.6 is 11.6 Å². The second-order valence-electron chi connectivity index (χ2n) is 5.65. The monoisotopic (exact) mass is 345 g/mol. The summed E-state index contributed by atoms with van der Waals surface area (Å²) in [6.07, 6.45) is 1.33. The van der Waals surface area contributed by atoms with Gasteiger partial charge in [-0.25, -0.2) is 0 Å². The average Bonchev–Trinajstić information content (AvgIpc) is 2.55. The third-order valence-electron chi connectivity index (χ3n) is 3.72. The first-order valence-corrected chi connectivity index (χ1v) is 8.21. The molecular weight excluding hydrogens is 326 g/mol. The number of hydrogen-bond donors (Lipinski definition) is 2. The largest absolute Gasteiger partial charge is 0.481 e. The fourth-order valence-corrected chi connectivity index (χ4v) is 2.72. The Morgan fingerprint density at radius 1 is 1.04 bits per heavy atom. The van der Waals surface area contributed by atoms with Crippen molar-refractivity contribution in [3.63, 3.8) is 0 Å². The molecule has 2 N–H and O–H groups in total. The van der Waals surface area contributed by atoms with Crippen LogP contribution in [0.2, 0.25) is 5.02 Å². The number of aliphatic carboxylic acids is 1. The van der Waals surface area contributed by atoms with E-state index in [2.05, 4.69) is 5.32 Å². The minimum Gasteiger partial charge on any atom is -0.481 e. The summed E-state index contributed by atoms with van der Waals surface area (Å²) in [6.45, 7) is 0. The topological polar surface area (TPSA) is 66.4 Å². The molecule has 5 heteroatoms. The first kappa shape index (κ1) is 18.0. The molecule has 0 aromatic heterocycles. The quantitative estimate of drug-likeness (QED) is 0.769. The van der Waals surface area contributed by atoms with Gasteiger partial charge < -0.3 is 10.4 Å². The molecular formula is C19H20ClNO3. The molecule has 24 heavy (non-hydrogen) atoms. The second-order valence-corrected chi connectivity index (χ2v) is 6.06. The highest BCUT2D eigenvalue weighted by Gasteiger charge is 2.17. The van der Waals surface area contributed by atoms with E-state index in [0.29, 0.717) is 17.9 Å². The zero-order chi connectivity index (χ0) is 17.4. The number of aryl methyl sites for hydroxylation is 1. The SMILES string of the molecule is O=C(O)CC(CCc1ccccc1)NC(=O)Cc1ccccc1Cl. The van der Waals surface area contributed by atoms with Crippen LogP contribution in [0, 0.1) is 0 Å². The Morgan fingerprint density at radius 2 is 1.71 bits per heavy atom. The summed E-state index contributed by atoms with van der Waals surface area (Å²) in [4.78, 5) is 23.2. The summed E-state index contributed by atoms with van der Waals surface area (Å²) in [5.41, 5.74) is 1.85. The zero-order valence-corrected chi connectivity index (χ0v) is 14.0. The predicted octanol–water partition coefficient (Wildman–Crippen LogP) is 3.47. The summed E-state index contributed by atoms with van der Waals surface area (Å²) < 4.78 is 0. The van der Waals surface area contributed by atoms with Crippen LogP contribution < -0.4 is 5.32 Å². The number of nitrogens with one attached hydrogen (secondary N) is 1. The van der Waals surface area contributed by atoms with E-state index in [0.717, 1.165) is 11.1 Å². The normalized spacial score (nSPS) is 11.7. The van der Waals surface area contributed by atoms with Crippen molar-refractivity contribution >= 4 is 23.5 Å². The van der Waals surface area contributed by atoms with Gasteiger partial charge in [-0.05, 0) is 30.0 Å². The Labute approximate surface area is 146 Å². The van der Waals surface area contributed by atoms with Crippen molar-refractivity contribution in [2.24, 2.45) is 0 Å². The van der Waals surface area contributed by atoms with E-state index >= 15 is 0 Å². The number of hydrogen-bond acceptors (Lipinski definition) is 2. The molecule has 0 aliphatic carbocycles. The van der Waals surface area contributed by atoms with Crippen molar-refractivity contribution in [1.29, 1.82) is 0 Å². The number of halogens is 1. The van der Waals surface area contributed by atoms with E-state index in [9.17, 15) is 9.59 Å². The van der Waals surface area contributed by atoms with E-state index in [1.54, 1.807) is 18.2 Å². The minimum absolute atomic E-state index is 0.0961. The van der Waals surface area contributed by atoms with E-state index in [-0.39, 0.29) is 18.7 Å². The summed E-state index contributed by atoms with van der Waals surface area (Å²) in [5, 5.41) is 12.4. The Bertz CT molecular complexity index is 688. The van der Waals surface area contributed by atoms with Gasteiger partial charge in [-0.15, -0.1) is 0 Å². The maximum atomic E-state index is 12.2. The fourth-order valence-electron chi connectivity index (χ4n) is 2.52. The Hall–Kier alpha value is -2.33. The van der Waals surface area contributed by atoms with Gasteiger partial charge in [0.15, 0.2) is 0 Å². The van der Waals surface area contributed by atoms with Gasteiger partial charge in [-0.2, -0.15) is 0 Å². The smallest absolute Gasteiger partial charge is 0.305 e. The maximum absolute atomic E-state index is 12.2. The minimum atomic E-state index is -0.925. The molecule has 0 spiro atoms. The highest BCUT2D eigenvalue weighted by atomic mass is 35.5. The third kappa shape index (κ3) is 6.05. The summed E-state index contributed by atoms with van der Waals surface area (Å²) >= 11 is 6.06. The molecule has 0 saturated carbocycles. The Kier molecular flexibility index (Phi) is 6.82. The van der Waals surface area contributed by atoms with Crippen molar-refractivity contribution in [2.45, 2.75) is 31.7 Å². The summed E-state index contributed by atoms with van der Waals surface area (Å²) in [6, 6.07) is 16.5. The third-order valence-corrected chi connectivity index (χ3v) is 4.09. The lowest BCUT2D eigenvalue weighted by molar-refractivity contribution is -0.137. The number of carboxylic acids is 1. The van der Waals surface area contributed by atoms with Crippen LogP contribution in [0.3, 0.4) is 0 Å². The molecule has 4 nitrogen and oxygen atoms in total. The number of carbonyl (C=O) groups is 2. The van der Waals surface area contributed by atoms with Crippen LogP contribution in [-0.2, 0) is 22.4 Å². The molecule has 2 aromatic carbocycles. The van der Waals surface area contributed by atoms with Crippen LogP contribution in [0.4, 0.5) is 0 Å². The van der Waals surface area contributed by atoms with Crippen LogP contribution in [0.1, 0.15) is 24.0 Å². The molecule has 126 valence electrons. The number of benzene rings is 2.